The molecular formula is C14H20N2O3. The zero-order chi connectivity index (χ0) is 13.9. The maximum atomic E-state index is 11.0. The Bertz CT molecular complexity index is 468. The van der Waals surface area contributed by atoms with E-state index in [1.807, 2.05) is 13.0 Å². The van der Waals surface area contributed by atoms with Gasteiger partial charge in [-0.05, 0) is 31.4 Å². The molecule has 1 aromatic carbocycles. The lowest BCUT2D eigenvalue weighted by Gasteiger charge is -2.27. The van der Waals surface area contributed by atoms with Crippen LogP contribution in [0.3, 0.4) is 0 Å². The molecule has 0 aliphatic heterocycles. The topological polar surface area (TPSA) is 75.4 Å². The molecule has 104 valence electrons. The highest BCUT2D eigenvalue weighted by Crippen LogP contribution is 2.38. The van der Waals surface area contributed by atoms with Gasteiger partial charge in [0.1, 0.15) is 5.69 Å². The van der Waals surface area contributed by atoms with Crippen LogP contribution >= 0.6 is 0 Å². The average Bonchev–Trinajstić information content (AvgIpc) is 2.86. The predicted octanol–water partition coefficient (Wildman–Crippen LogP) is 2.87. The summed E-state index contributed by atoms with van der Waals surface area (Å²) in [5, 5.41) is 23.7. The quantitative estimate of drug-likeness (QED) is 0.633. The van der Waals surface area contributed by atoms with Gasteiger partial charge >= 0.3 is 0 Å². The first-order chi connectivity index (χ1) is 9.06. The second-order valence-electron chi connectivity index (χ2n) is 5.50. The summed E-state index contributed by atoms with van der Waals surface area (Å²) in [5.74, 6) is 0. The lowest BCUT2D eigenvalue weighted by atomic mass is 9.87. The number of benzene rings is 1. The number of nitro benzene ring substituents is 1. The molecular weight excluding hydrogens is 244 g/mol. The van der Waals surface area contributed by atoms with Crippen molar-refractivity contribution in [3.8, 4) is 0 Å². The SMILES string of the molecule is Cc1ccc(NCC2(CO)CCCC2)c([N+](=O)[O-])c1. The summed E-state index contributed by atoms with van der Waals surface area (Å²) in [6.07, 6.45) is 4.21. The molecule has 0 amide bonds. The standard InChI is InChI=1S/C14H20N2O3/c1-11-4-5-12(13(8-11)16(18)19)15-9-14(10-17)6-2-3-7-14/h4-5,8,15,17H,2-3,6-7,9-10H2,1H3. The number of anilines is 1. The fourth-order valence-electron chi connectivity index (χ4n) is 2.74. The molecule has 0 bridgehead atoms. The van der Waals surface area contributed by atoms with Gasteiger partial charge in [-0.25, -0.2) is 0 Å². The van der Waals surface area contributed by atoms with Gasteiger partial charge in [-0.1, -0.05) is 18.9 Å². The van der Waals surface area contributed by atoms with Crippen LogP contribution in [0.15, 0.2) is 18.2 Å². The molecule has 0 unspecified atom stereocenters. The highest BCUT2D eigenvalue weighted by atomic mass is 16.6. The number of nitrogens with zero attached hydrogens (tertiary/aromatic N) is 1. The Balaban J connectivity index is 2.13. The van der Waals surface area contributed by atoms with E-state index in [1.54, 1.807) is 12.1 Å². The smallest absolute Gasteiger partial charge is 0.292 e. The molecule has 0 atom stereocenters. The van der Waals surface area contributed by atoms with Crippen molar-refractivity contribution in [3.05, 3.63) is 33.9 Å². The molecule has 0 heterocycles. The summed E-state index contributed by atoms with van der Waals surface area (Å²) in [7, 11) is 0. The highest BCUT2D eigenvalue weighted by molar-refractivity contribution is 5.62. The van der Waals surface area contributed by atoms with Crippen LogP contribution in [0.1, 0.15) is 31.2 Å². The van der Waals surface area contributed by atoms with Crippen molar-refractivity contribution in [1.82, 2.24) is 0 Å². The zero-order valence-electron chi connectivity index (χ0n) is 11.2. The lowest BCUT2D eigenvalue weighted by molar-refractivity contribution is -0.384. The number of nitrogens with one attached hydrogen (secondary N) is 1. The van der Waals surface area contributed by atoms with E-state index in [2.05, 4.69) is 5.32 Å². The van der Waals surface area contributed by atoms with Gasteiger partial charge in [-0.2, -0.15) is 0 Å². The molecule has 1 aromatic rings. The fourth-order valence-corrected chi connectivity index (χ4v) is 2.74. The van der Waals surface area contributed by atoms with Crippen molar-refractivity contribution in [2.45, 2.75) is 32.6 Å². The van der Waals surface area contributed by atoms with Crippen LogP contribution < -0.4 is 5.32 Å². The number of nitro groups is 1. The first kappa shape index (κ1) is 13.8. The molecule has 0 aromatic heterocycles. The third-order valence-electron chi connectivity index (χ3n) is 4.00. The van der Waals surface area contributed by atoms with E-state index in [9.17, 15) is 15.2 Å². The predicted molar refractivity (Wildman–Crippen MR) is 74.3 cm³/mol. The van der Waals surface area contributed by atoms with Crippen LogP contribution in [-0.2, 0) is 0 Å². The second-order valence-corrected chi connectivity index (χ2v) is 5.50. The van der Waals surface area contributed by atoms with E-state index in [0.29, 0.717) is 12.2 Å². The van der Waals surface area contributed by atoms with Gasteiger partial charge in [-0.3, -0.25) is 10.1 Å². The monoisotopic (exact) mass is 264 g/mol. The van der Waals surface area contributed by atoms with E-state index in [1.165, 1.54) is 0 Å². The normalized spacial score (nSPS) is 17.4. The maximum Gasteiger partial charge on any atom is 0.292 e. The van der Waals surface area contributed by atoms with Gasteiger partial charge in [0.2, 0.25) is 0 Å². The van der Waals surface area contributed by atoms with Gasteiger partial charge in [-0.15, -0.1) is 0 Å². The molecule has 1 fully saturated rings. The highest BCUT2D eigenvalue weighted by Gasteiger charge is 2.33. The maximum absolute atomic E-state index is 11.0. The second kappa shape index (κ2) is 5.57. The van der Waals surface area contributed by atoms with Crippen LogP contribution in [0.5, 0.6) is 0 Å². The Kier molecular flexibility index (Phi) is 4.04. The number of aliphatic hydroxyl groups is 1. The first-order valence-electron chi connectivity index (χ1n) is 6.66. The van der Waals surface area contributed by atoms with E-state index < -0.39 is 0 Å². The molecule has 1 saturated carbocycles. The molecule has 5 heteroatoms. The zero-order valence-corrected chi connectivity index (χ0v) is 11.2. The Labute approximate surface area is 112 Å². The fraction of sp³-hybridized carbons (Fsp3) is 0.571. The summed E-state index contributed by atoms with van der Waals surface area (Å²) in [6.45, 7) is 2.57. The van der Waals surface area contributed by atoms with Crippen LogP contribution in [0.2, 0.25) is 0 Å². The van der Waals surface area contributed by atoms with Crippen LogP contribution in [0, 0.1) is 22.5 Å². The third-order valence-corrected chi connectivity index (χ3v) is 4.00. The Morgan fingerprint density at radius 2 is 2.11 bits per heavy atom. The molecule has 0 radical (unpaired) electrons. The summed E-state index contributed by atoms with van der Waals surface area (Å²) < 4.78 is 0. The van der Waals surface area contributed by atoms with Crippen LogP contribution in [0.25, 0.3) is 0 Å². The minimum atomic E-state index is -0.365. The average molecular weight is 264 g/mol. The Hall–Kier alpha value is -1.62. The molecule has 2 N–H and O–H groups in total. The van der Waals surface area contributed by atoms with E-state index >= 15 is 0 Å². The van der Waals surface area contributed by atoms with Crippen LogP contribution in [0.4, 0.5) is 11.4 Å². The molecule has 1 aliphatic carbocycles. The Morgan fingerprint density at radius 1 is 1.42 bits per heavy atom. The Morgan fingerprint density at radius 3 is 2.68 bits per heavy atom. The van der Waals surface area contributed by atoms with Gasteiger partial charge in [0.15, 0.2) is 0 Å². The summed E-state index contributed by atoms with van der Waals surface area (Å²) >= 11 is 0. The van der Waals surface area contributed by atoms with Gasteiger partial charge in [0.25, 0.3) is 5.69 Å². The lowest BCUT2D eigenvalue weighted by Crippen LogP contribution is -2.30. The van der Waals surface area contributed by atoms with Gasteiger partial charge < -0.3 is 10.4 Å². The summed E-state index contributed by atoms with van der Waals surface area (Å²) in [5.41, 5.74) is 1.40. The van der Waals surface area contributed by atoms with Crippen molar-refractivity contribution in [2.75, 3.05) is 18.5 Å². The molecule has 1 aliphatic rings. The third kappa shape index (κ3) is 3.04. The van der Waals surface area contributed by atoms with Crippen molar-refractivity contribution in [1.29, 1.82) is 0 Å². The van der Waals surface area contributed by atoms with Crippen molar-refractivity contribution < 1.29 is 10.0 Å². The number of hydrogen-bond acceptors (Lipinski definition) is 4. The molecule has 0 saturated heterocycles. The molecule has 5 nitrogen and oxygen atoms in total. The van der Waals surface area contributed by atoms with Gasteiger partial charge in [0, 0.05) is 18.0 Å². The number of rotatable bonds is 5. The van der Waals surface area contributed by atoms with Crippen molar-refractivity contribution in [2.24, 2.45) is 5.41 Å². The number of hydrogen-bond donors (Lipinski definition) is 2. The summed E-state index contributed by atoms with van der Waals surface area (Å²) in [6, 6.07) is 5.17. The van der Waals surface area contributed by atoms with E-state index in [4.69, 9.17) is 0 Å². The number of aliphatic hydroxyl groups excluding tert-OH is 1. The molecule has 19 heavy (non-hydrogen) atoms. The van der Waals surface area contributed by atoms with E-state index in [-0.39, 0.29) is 22.6 Å². The minimum absolute atomic E-state index is 0.103. The minimum Gasteiger partial charge on any atom is -0.396 e. The van der Waals surface area contributed by atoms with Crippen molar-refractivity contribution >= 4 is 11.4 Å². The summed E-state index contributed by atoms with van der Waals surface area (Å²) in [4.78, 5) is 10.7. The van der Waals surface area contributed by atoms with Gasteiger partial charge in [0.05, 0.1) is 11.5 Å². The van der Waals surface area contributed by atoms with Crippen LogP contribution in [-0.4, -0.2) is 23.2 Å². The van der Waals surface area contributed by atoms with E-state index in [0.717, 1.165) is 31.2 Å². The molecule has 0 spiro atoms. The van der Waals surface area contributed by atoms with Crippen molar-refractivity contribution in [3.63, 3.8) is 0 Å². The molecule has 2 rings (SSSR count). The largest absolute Gasteiger partial charge is 0.396 e. The first-order valence-corrected chi connectivity index (χ1v) is 6.66. The number of aryl methyl sites for hydroxylation is 1.